The predicted molar refractivity (Wildman–Crippen MR) is 93.5 cm³/mol. The molecule has 1 atom stereocenters. The van der Waals surface area contributed by atoms with E-state index >= 15 is 0 Å². The van der Waals surface area contributed by atoms with Crippen LogP contribution in [0, 0.1) is 0 Å². The lowest BCUT2D eigenvalue weighted by Crippen LogP contribution is -2.34. The van der Waals surface area contributed by atoms with E-state index in [1.165, 1.54) is 0 Å². The van der Waals surface area contributed by atoms with Gasteiger partial charge in [0.2, 0.25) is 5.91 Å². The van der Waals surface area contributed by atoms with Crippen molar-refractivity contribution in [2.45, 2.75) is 32.2 Å². The lowest BCUT2D eigenvalue weighted by Gasteiger charge is -2.20. The number of pyridine rings is 1. The summed E-state index contributed by atoms with van der Waals surface area (Å²) in [6.45, 7) is 5.00. The summed E-state index contributed by atoms with van der Waals surface area (Å²) in [6, 6.07) is 3.57. The molecule has 2 aliphatic rings. The molecule has 0 radical (unpaired) electrons. The highest BCUT2D eigenvalue weighted by Gasteiger charge is 2.31. The topological polar surface area (TPSA) is 84.2 Å². The fourth-order valence-electron chi connectivity index (χ4n) is 3.78. The van der Waals surface area contributed by atoms with Crippen LogP contribution in [0.4, 0.5) is 0 Å². The summed E-state index contributed by atoms with van der Waals surface area (Å²) >= 11 is 0. The molecule has 136 valence electrons. The standard InChI is InChI=1S/C18H22N6O2/c1-13(25)23-7-4-15(12-23)17-21-20-16-5-8-22(9-10-24(16)17)18(26)14-3-2-6-19-11-14/h2-3,6,11,15H,4-5,7-10,12H2,1H3. The van der Waals surface area contributed by atoms with E-state index in [-0.39, 0.29) is 17.7 Å². The van der Waals surface area contributed by atoms with Crippen molar-refractivity contribution in [1.82, 2.24) is 29.5 Å². The lowest BCUT2D eigenvalue weighted by molar-refractivity contribution is -0.127. The van der Waals surface area contributed by atoms with Crippen LogP contribution < -0.4 is 0 Å². The van der Waals surface area contributed by atoms with Gasteiger partial charge in [-0.05, 0) is 18.6 Å². The molecule has 4 rings (SSSR count). The zero-order chi connectivity index (χ0) is 18.1. The number of likely N-dealkylation sites (tertiary alicyclic amines) is 1. The third-order valence-corrected chi connectivity index (χ3v) is 5.25. The Hall–Kier alpha value is -2.77. The number of nitrogens with zero attached hydrogens (tertiary/aromatic N) is 6. The average molecular weight is 354 g/mol. The van der Waals surface area contributed by atoms with Crippen LogP contribution in [0.2, 0.25) is 0 Å². The molecule has 8 nitrogen and oxygen atoms in total. The molecular weight excluding hydrogens is 332 g/mol. The van der Waals surface area contributed by atoms with Crippen LogP contribution in [0.1, 0.15) is 41.3 Å². The van der Waals surface area contributed by atoms with Crippen molar-refractivity contribution in [2.24, 2.45) is 0 Å². The molecule has 2 aliphatic heterocycles. The molecule has 4 heterocycles. The van der Waals surface area contributed by atoms with E-state index < -0.39 is 0 Å². The van der Waals surface area contributed by atoms with Crippen LogP contribution in [0.15, 0.2) is 24.5 Å². The summed E-state index contributed by atoms with van der Waals surface area (Å²) in [4.78, 5) is 32.0. The molecule has 0 saturated carbocycles. The van der Waals surface area contributed by atoms with E-state index in [2.05, 4.69) is 19.7 Å². The third kappa shape index (κ3) is 3.07. The van der Waals surface area contributed by atoms with Gasteiger partial charge in [0, 0.05) is 64.4 Å². The van der Waals surface area contributed by atoms with Crippen LogP contribution in [0.5, 0.6) is 0 Å². The second kappa shape index (κ2) is 6.86. The molecule has 0 spiro atoms. The first-order valence-corrected chi connectivity index (χ1v) is 9.00. The van der Waals surface area contributed by atoms with Crippen LogP contribution in [0.3, 0.4) is 0 Å². The van der Waals surface area contributed by atoms with Gasteiger partial charge in [-0.3, -0.25) is 14.6 Å². The molecule has 1 unspecified atom stereocenters. The fraction of sp³-hybridized carbons (Fsp3) is 0.500. The molecule has 0 aromatic carbocycles. The predicted octanol–water partition coefficient (Wildman–Crippen LogP) is 0.707. The van der Waals surface area contributed by atoms with Gasteiger partial charge in [-0.2, -0.15) is 0 Å². The molecule has 2 aromatic rings. The van der Waals surface area contributed by atoms with Gasteiger partial charge in [-0.25, -0.2) is 0 Å². The minimum Gasteiger partial charge on any atom is -0.342 e. The second-order valence-electron chi connectivity index (χ2n) is 6.86. The Morgan fingerprint density at radius 2 is 2.00 bits per heavy atom. The van der Waals surface area contributed by atoms with E-state index in [0.29, 0.717) is 38.2 Å². The number of carbonyl (C=O) groups is 2. The fourth-order valence-corrected chi connectivity index (χ4v) is 3.78. The van der Waals surface area contributed by atoms with Crippen molar-refractivity contribution in [3.63, 3.8) is 0 Å². The maximum atomic E-state index is 12.7. The molecule has 0 N–H and O–H groups in total. The summed E-state index contributed by atoms with van der Waals surface area (Å²) in [5, 5.41) is 8.76. The minimum absolute atomic E-state index is 0.00184. The highest BCUT2D eigenvalue weighted by molar-refractivity contribution is 5.93. The van der Waals surface area contributed by atoms with Crippen molar-refractivity contribution in [1.29, 1.82) is 0 Å². The van der Waals surface area contributed by atoms with Gasteiger partial charge in [0.1, 0.15) is 11.6 Å². The van der Waals surface area contributed by atoms with E-state index in [9.17, 15) is 9.59 Å². The second-order valence-corrected chi connectivity index (χ2v) is 6.86. The van der Waals surface area contributed by atoms with Crippen molar-refractivity contribution in [2.75, 3.05) is 26.2 Å². The average Bonchev–Trinajstić information content (AvgIpc) is 3.24. The summed E-state index contributed by atoms with van der Waals surface area (Å²) in [5.41, 5.74) is 0.610. The molecule has 2 aromatic heterocycles. The maximum absolute atomic E-state index is 12.7. The largest absolute Gasteiger partial charge is 0.342 e. The van der Waals surface area contributed by atoms with Crippen LogP contribution in [0.25, 0.3) is 0 Å². The van der Waals surface area contributed by atoms with Gasteiger partial charge in [0.25, 0.3) is 5.91 Å². The summed E-state index contributed by atoms with van der Waals surface area (Å²) < 4.78 is 2.14. The zero-order valence-electron chi connectivity index (χ0n) is 14.8. The smallest absolute Gasteiger partial charge is 0.255 e. The number of aromatic nitrogens is 4. The van der Waals surface area contributed by atoms with E-state index in [0.717, 1.165) is 24.6 Å². The monoisotopic (exact) mass is 354 g/mol. The van der Waals surface area contributed by atoms with Gasteiger partial charge in [0.15, 0.2) is 0 Å². The number of fused-ring (bicyclic) bond motifs is 1. The molecule has 1 fully saturated rings. The Kier molecular flexibility index (Phi) is 4.40. The van der Waals surface area contributed by atoms with Crippen molar-refractivity contribution < 1.29 is 9.59 Å². The minimum atomic E-state index is 0.00184. The molecule has 2 amide bonds. The van der Waals surface area contributed by atoms with Crippen molar-refractivity contribution in [3.8, 4) is 0 Å². The zero-order valence-corrected chi connectivity index (χ0v) is 14.8. The summed E-state index contributed by atoms with van der Waals surface area (Å²) in [6.07, 6.45) is 4.87. The number of amides is 2. The molecule has 0 bridgehead atoms. The Labute approximate surface area is 151 Å². The summed E-state index contributed by atoms with van der Waals surface area (Å²) in [5.74, 6) is 2.20. The number of hydrogen-bond donors (Lipinski definition) is 0. The van der Waals surface area contributed by atoms with E-state index in [1.807, 2.05) is 9.80 Å². The molecule has 26 heavy (non-hydrogen) atoms. The Morgan fingerprint density at radius 1 is 1.12 bits per heavy atom. The van der Waals surface area contributed by atoms with Crippen molar-refractivity contribution in [3.05, 3.63) is 41.7 Å². The van der Waals surface area contributed by atoms with Gasteiger partial charge in [0.05, 0.1) is 5.56 Å². The quantitative estimate of drug-likeness (QED) is 0.793. The van der Waals surface area contributed by atoms with Gasteiger partial charge in [-0.15, -0.1) is 10.2 Å². The van der Waals surface area contributed by atoms with Crippen LogP contribution in [-0.2, 0) is 17.8 Å². The first-order chi connectivity index (χ1) is 12.6. The Bertz CT molecular complexity index is 818. The molecule has 8 heteroatoms. The van der Waals surface area contributed by atoms with Crippen molar-refractivity contribution >= 4 is 11.8 Å². The summed E-state index contributed by atoms with van der Waals surface area (Å²) in [7, 11) is 0. The van der Waals surface area contributed by atoms with Gasteiger partial charge >= 0.3 is 0 Å². The maximum Gasteiger partial charge on any atom is 0.255 e. The third-order valence-electron chi connectivity index (χ3n) is 5.25. The van der Waals surface area contributed by atoms with E-state index in [1.54, 1.807) is 31.5 Å². The Balaban J connectivity index is 1.48. The molecular formula is C18H22N6O2. The van der Waals surface area contributed by atoms with Crippen LogP contribution >= 0.6 is 0 Å². The Morgan fingerprint density at radius 3 is 2.73 bits per heavy atom. The number of rotatable bonds is 2. The van der Waals surface area contributed by atoms with Crippen LogP contribution in [-0.4, -0.2) is 67.5 Å². The highest BCUT2D eigenvalue weighted by Crippen LogP contribution is 2.27. The van der Waals surface area contributed by atoms with Gasteiger partial charge in [-0.1, -0.05) is 0 Å². The highest BCUT2D eigenvalue weighted by atomic mass is 16.2. The molecule has 0 aliphatic carbocycles. The lowest BCUT2D eigenvalue weighted by atomic mass is 10.1. The first kappa shape index (κ1) is 16.7. The number of carbonyl (C=O) groups excluding carboxylic acids is 2. The normalized spacial score (nSPS) is 20.0. The van der Waals surface area contributed by atoms with Gasteiger partial charge < -0.3 is 14.4 Å². The van der Waals surface area contributed by atoms with E-state index in [4.69, 9.17) is 0 Å². The molecule has 1 saturated heterocycles. The SMILES string of the molecule is CC(=O)N1CCC(c2nnc3n2CCN(C(=O)c2cccnc2)CC3)C1. The number of hydrogen-bond acceptors (Lipinski definition) is 5. The first-order valence-electron chi connectivity index (χ1n) is 9.00.